The van der Waals surface area contributed by atoms with Crippen molar-refractivity contribution in [2.45, 2.75) is 6.10 Å². The normalized spacial score (nSPS) is 12.2. The minimum absolute atomic E-state index is 0.0225. The molecule has 3 rings (SSSR count). The fourth-order valence-electron chi connectivity index (χ4n) is 2.02. The highest BCUT2D eigenvalue weighted by molar-refractivity contribution is 5.90. The van der Waals surface area contributed by atoms with Gasteiger partial charge in [0.15, 0.2) is 6.10 Å². The molecular formula is C14H11N3O3. The minimum Gasteiger partial charge on any atom is -0.402 e. The van der Waals surface area contributed by atoms with Crippen LogP contribution in [0.5, 0.6) is 5.88 Å². The molecule has 1 heterocycles. The number of H-pyrrole nitrogens is 1. The van der Waals surface area contributed by atoms with Gasteiger partial charge in [0.2, 0.25) is 0 Å². The largest absolute Gasteiger partial charge is 0.402 e. The van der Waals surface area contributed by atoms with Gasteiger partial charge < -0.3 is 9.84 Å². The van der Waals surface area contributed by atoms with Crippen LogP contribution < -0.4 is 4.74 Å². The molecule has 1 unspecified atom stereocenters. The number of hydrogen-bond acceptors (Lipinski definition) is 5. The van der Waals surface area contributed by atoms with Crippen molar-refractivity contribution >= 4 is 16.7 Å². The first kappa shape index (κ1) is 12.3. The Bertz CT molecular complexity index is 735. The molecule has 0 fully saturated rings. The van der Waals surface area contributed by atoms with Crippen LogP contribution in [0.4, 0.5) is 0 Å². The Hall–Kier alpha value is -2.73. The first-order valence-electron chi connectivity index (χ1n) is 5.99. The quantitative estimate of drug-likeness (QED) is 0.705. The molecule has 0 saturated heterocycles. The van der Waals surface area contributed by atoms with Crippen LogP contribution in [0.25, 0.3) is 10.8 Å². The van der Waals surface area contributed by atoms with Crippen molar-refractivity contribution in [2.75, 3.05) is 0 Å². The van der Waals surface area contributed by atoms with Crippen molar-refractivity contribution in [3.8, 4) is 5.88 Å². The molecule has 6 nitrogen and oxygen atoms in total. The topological polar surface area (TPSA) is 88.1 Å². The molecule has 0 amide bonds. The van der Waals surface area contributed by atoms with E-state index in [0.29, 0.717) is 5.56 Å². The van der Waals surface area contributed by atoms with E-state index in [0.717, 1.165) is 10.8 Å². The summed E-state index contributed by atoms with van der Waals surface area (Å²) in [5, 5.41) is 21.3. The second-order valence-corrected chi connectivity index (χ2v) is 4.20. The van der Waals surface area contributed by atoms with Gasteiger partial charge in [-0.2, -0.15) is 0 Å². The summed E-state index contributed by atoms with van der Waals surface area (Å²) in [7, 11) is 0. The molecule has 6 heteroatoms. The summed E-state index contributed by atoms with van der Waals surface area (Å²) in [6.45, 7) is 0. The average Bonchev–Trinajstić information content (AvgIpc) is 2.99. The first-order chi connectivity index (χ1) is 9.75. The van der Waals surface area contributed by atoms with Crippen molar-refractivity contribution in [2.24, 2.45) is 0 Å². The average molecular weight is 269 g/mol. The number of nitrogens with one attached hydrogen (secondary N) is 1. The van der Waals surface area contributed by atoms with Gasteiger partial charge in [-0.3, -0.25) is 5.10 Å². The van der Waals surface area contributed by atoms with Crippen molar-refractivity contribution in [1.82, 2.24) is 15.4 Å². The van der Waals surface area contributed by atoms with Gasteiger partial charge in [0.1, 0.15) is 0 Å². The predicted molar refractivity (Wildman–Crippen MR) is 70.9 cm³/mol. The molecule has 0 aliphatic carbocycles. The lowest BCUT2D eigenvalue weighted by Gasteiger charge is -2.11. The molecule has 0 spiro atoms. The maximum absolute atomic E-state index is 11.9. The highest BCUT2D eigenvalue weighted by atomic mass is 16.6. The predicted octanol–water partition coefficient (Wildman–Crippen LogP) is 1.60. The van der Waals surface area contributed by atoms with Crippen LogP contribution in [0.3, 0.4) is 0 Å². The van der Waals surface area contributed by atoms with Crippen molar-refractivity contribution in [1.29, 1.82) is 0 Å². The monoisotopic (exact) mass is 269 g/mol. The van der Waals surface area contributed by atoms with E-state index in [-0.39, 0.29) is 5.88 Å². The third kappa shape index (κ3) is 2.24. The standard InChI is InChI=1S/C14H11N3O3/c18-13(14(19)20-12-8-15-17-16-12)11-7-3-5-9-4-1-2-6-10(9)11/h1-8,13,18H,(H,15,16,17). The number of ether oxygens (including phenoxy) is 1. The van der Waals surface area contributed by atoms with Crippen LogP contribution in [0.1, 0.15) is 11.7 Å². The zero-order valence-corrected chi connectivity index (χ0v) is 10.4. The summed E-state index contributed by atoms with van der Waals surface area (Å²) in [6, 6.07) is 12.9. The Morgan fingerprint density at radius 3 is 2.80 bits per heavy atom. The summed E-state index contributed by atoms with van der Waals surface area (Å²) in [4.78, 5) is 11.9. The highest BCUT2D eigenvalue weighted by Crippen LogP contribution is 2.25. The minimum atomic E-state index is -1.38. The van der Waals surface area contributed by atoms with Crippen molar-refractivity contribution < 1.29 is 14.6 Å². The van der Waals surface area contributed by atoms with E-state index >= 15 is 0 Å². The molecule has 100 valence electrons. The van der Waals surface area contributed by atoms with E-state index in [2.05, 4.69) is 15.4 Å². The lowest BCUT2D eigenvalue weighted by molar-refractivity contribution is -0.144. The second-order valence-electron chi connectivity index (χ2n) is 4.20. The molecule has 0 aliphatic rings. The Balaban J connectivity index is 1.92. The Kier molecular flexibility index (Phi) is 3.14. The summed E-state index contributed by atoms with van der Waals surface area (Å²) in [5.41, 5.74) is 0.497. The number of hydrogen-bond donors (Lipinski definition) is 2. The number of benzene rings is 2. The molecule has 2 N–H and O–H groups in total. The highest BCUT2D eigenvalue weighted by Gasteiger charge is 2.22. The fraction of sp³-hybridized carbons (Fsp3) is 0.0714. The number of esters is 1. The van der Waals surface area contributed by atoms with Gasteiger partial charge in [0.05, 0.1) is 6.20 Å². The van der Waals surface area contributed by atoms with E-state index in [9.17, 15) is 9.90 Å². The SMILES string of the molecule is O=C(Oc1c[nH]nn1)C(O)c1cccc2ccccc12. The van der Waals surface area contributed by atoms with Crippen LogP contribution in [0, 0.1) is 0 Å². The van der Waals surface area contributed by atoms with E-state index in [4.69, 9.17) is 4.74 Å². The van der Waals surface area contributed by atoms with Gasteiger partial charge in [-0.1, -0.05) is 52.8 Å². The van der Waals surface area contributed by atoms with Gasteiger partial charge in [0.25, 0.3) is 5.88 Å². The van der Waals surface area contributed by atoms with Crippen LogP contribution in [-0.4, -0.2) is 26.5 Å². The summed E-state index contributed by atoms with van der Waals surface area (Å²) < 4.78 is 4.93. The molecule has 2 aromatic carbocycles. The molecule has 1 aromatic heterocycles. The number of aromatic amines is 1. The van der Waals surface area contributed by atoms with Crippen LogP contribution >= 0.6 is 0 Å². The lowest BCUT2D eigenvalue weighted by Crippen LogP contribution is -2.18. The lowest BCUT2D eigenvalue weighted by atomic mass is 10.0. The smallest absolute Gasteiger partial charge is 0.346 e. The third-order valence-corrected chi connectivity index (χ3v) is 2.94. The van der Waals surface area contributed by atoms with E-state index in [1.807, 2.05) is 30.3 Å². The number of rotatable bonds is 3. The Morgan fingerprint density at radius 1 is 1.20 bits per heavy atom. The van der Waals surface area contributed by atoms with Crippen LogP contribution in [0.15, 0.2) is 48.7 Å². The maximum atomic E-state index is 11.9. The van der Waals surface area contributed by atoms with Crippen molar-refractivity contribution in [3.63, 3.8) is 0 Å². The number of aromatic nitrogens is 3. The van der Waals surface area contributed by atoms with Crippen LogP contribution in [-0.2, 0) is 4.79 Å². The van der Waals surface area contributed by atoms with Gasteiger partial charge in [-0.15, -0.1) is 0 Å². The van der Waals surface area contributed by atoms with Gasteiger partial charge in [0, 0.05) is 0 Å². The van der Waals surface area contributed by atoms with E-state index in [1.54, 1.807) is 12.1 Å². The van der Waals surface area contributed by atoms with Gasteiger partial charge in [-0.25, -0.2) is 4.79 Å². The third-order valence-electron chi connectivity index (χ3n) is 2.94. The molecule has 1 atom stereocenters. The molecule has 3 aromatic rings. The van der Waals surface area contributed by atoms with Crippen LogP contribution in [0.2, 0.25) is 0 Å². The Labute approximate surface area is 114 Å². The molecule has 0 saturated carbocycles. The number of fused-ring (bicyclic) bond motifs is 1. The van der Waals surface area contributed by atoms with E-state index < -0.39 is 12.1 Å². The first-order valence-corrected chi connectivity index (χ1v) is 5.99. The summed E-state index contributed by atoms with van der Waals surface area (Å²) in [5.74, 6) is -0.774. The second kappa shape index (κ2) is 5.10. The molecule has 0 bridgehead atoms. The number of nitrogens with zero attached hydrogens (tertiary/aromatic N) is 2. The zero-order chi connectivity index (χ0) is 13.9. The number of aliphatic hydroxyl groups excluding tert-OH is 1. The molecule has 0 radical (unpaired) electrons. The molecule has 20 heavy (non-hydrogen) atoms. The Morgan fingerprint density at radius 2 is 2.00 bits per heavy atom. The van der Waals surface area contributed by atoms with E-state index in [1.165, 1.54) is 6.20 Å². The summed E-state index contributed by atoms with van der Waals surface area (Å²) >= 11 is 0. The zero-order valence-electron chi connectivity index (χ0n) is 10.4. The maximum Gasteiger partial charge on any atom is 0.346 e. The number of aliphatic hydroxyl groups is 1. The van der Waals surface area contributed by atoms with Gasteiger partial charge >= 0.3 is 5.97 Å². The molecule has 0 aliphatic heterocycles. The fourth-order valence-corrected chi connectivity index (χ4v) is 2.02. The van der Waals surface area contributed by atoms with Crippen molar-refractivity contribution in [3.05, 3.63) is 54.2 Å². The summed E-state index contributed by atoms with van der Waals surface area (Å²) in [6.07, 6.45) is -0.0499. The molecular weight excluding hydrogens is 258 g/mol. The number of carbonyl (C=O) groups excluding carboxylic acids is 1. The van der Waals surface area contributed by atoms with Gasteiger partial charge in [-0.05, 0) is 16.3 Å². The number of carbonyl (C=O) groups is 1.